The van der Waals surface area contributed by atoms with Crippen LogP contribution in [0.5, 0.6) is 0 Å². The van der Waals surface area contributed by atoms with Gasteiger partial charge in [0.2, 0.25) is 0 Å². The summed E-state index contributed by atoms with van der Waals surface area (Å²) in [6, 6.07) is 66.2. The van der Waals surface area contributed by atoms with Crippen LogP contribution in [0.3, 0.4) is 0 Å². The molecule has 0 aliphatic carbocycles. The summed E-state index contributed by atoms with van der Waals surface area (Å²) in [7, 11) is 0. The predicted octanol–water partition coefficient (Wildman–Crippen LogP) is 12.4. The van der Waals surface area contributed by atoms with Crippen LogP contribution in [0.1, 0.15) is 0 Å². The van der Waals surface area contributed by atoms with Crippen molar-refractivity contribution < 1.29 is 0 Å². The Kier molecular flexibility index (Phi) is 5.91. The van der Waals surface area contributed by atoms with Crippen molar-refractivity contribution in [3.05, 3.63) is 182 Å². The van der Waals surface area contributed by atoms with E-state index >= 15 is 0 Å². The quantitative estimate of drug-likeness (QED) is 0.188. The molecule has 0 atom stereocenters. The molecule has 0 radical (unpaired) electrons. The van der Waals surface area contributed by atoms with Crippen LogP contribution in [0.25, 0.3) is 88.0 Å². The molecule has 2 aromatic heterocycles. The summed E-state index contributed by atoms with van der Waals surface area (Å²) in [5.74, 6) is 0. The Bertz CT molecular complexity index is 2810. The molecule has 8 aromatic carbocycles. The number of nitrogens with zero attached hydrogens (tertiary/aromatic N) is 2. The van der Waals surface area contributed by atoms with Crippen LogP contribution < -0.4 is 0 Å². The Balaban J connectivity index is 1.21. The summed E-state index contributed by atoms with van der Waals surface area (Å²) in [4.78, 5) is 0. The largest absolute Gasteiger partial charge is 0.309 e. The number of fused-ring (bicyclic) bond motifs is 7. The van der Waals surface area contributed by atoms with E-state index in [0.717, 1.165) is 5.69 Å². The first-order valence-corrected chi connectivity index (χ1v) is 16.5. The maximum atomic E-state index is 2.45. The van der Waals surface area contributed by atoms with Gasteiger partial charge in [-0.1, -0.05) is 140 Å². The fourth-order valence-corrected chi connectivity index (χ4v) is 7.77. The maximum absolute atomic E-state index is 2.45. The van der Waals surface area contributed by atoms with Crippen molar-refractivity contribution in [3.8, 4) is 33.6 Å². The molecule has 0 aliphatic rings. The first-order chi connectivity index (χ1) is 23.8. The fraction of sp³-hybridized carbons (Fsp3) is 0. The van der Waals surface area contributed by atoms with Gasteiger partial charge in [-0.15, -0.1) is 0 Å². The summed E-state index contributed by atoms with van der Waals surface area (Å²) >= 11 is 0. The van der Waals surface area contributed by atoms with Gasteiger partial charge in [0.25, 0.3) is 0 Å². The van der Waals surface area contributed by atoms with Crippen LogP contribution >= 0.6 is 0 Å². The van der Waals surface area contributed by atoms with E-state index < -0.39 is 0 Å². The lowest BCUT2D eigenvalue weighted by atomic mass is 9.98. The topological polar surface area (TPSA) is 9.86 Å². The van der Waals surface area contributed by atoms with E-state index in [0.29, 0.717) is 0 Å². The zero-order chi connectivity index (χ0) is 31.6. The van der Waals surface area contributed by atoms with E-state index in [1.165, 1.54) is 82.3 Å². The molecule has 224 valence electrons. The second kappa shape index (κ2) is 10.6. The Morgan fingerprint density at radius 3 is 1.73 bits per heavy atom. The third kappa shape index (κ3) is 4.00. The number of hydrogen-bond acceptors (Lipinski definition) is 0. The predicted molar refractivity (Wildman–Crippen MR) is 203 cm³/mol. The molecule has 0 saturated carbocycles. The van der Waals surface area contributed by atoms with Gasteiger partial charge in [-0.25, -0.2) is 0 Å². The maximum Gasteiger partial charge on any atom is 0.0547 e. The summed E-state index contributed by atoms with van der Waals surface area (Å²) in [6.07, 6.45) is 0. The van der Waals surface area contributed by atoms with Gasteiger partial charge in [0.1, 0.15) is 0 Å². The standard InChI is InChI=1S/C46H30N2/c1-2-12-31(13-3-1)32-24-27-35(28-25-32)47-43-21-9-7-18-40(43)46-37(19-11-23-44(46)47)34-26-29-39-38-17-6-8-20-42(38)48(45(39)30-34)41-22-10-15-33-14-4-5-16-36(33)41/h1-30H. The average molecular weight is 611 g/mol. The van der Waals surface area contributed by atoms with Crippen LogP contribution in [0, 0.1) is 0 Å². The molecule has 0 unspecified atom stereocenters. The highest BCUT2D eigenvalue weighted by atomic mass is 15.0. The van der Waals surface area contributed by atoms with Crippen LogP contribution in [0.15, 0.2) is 182 Å². The van der Waals surface area contributed by atoms with Crippen LogP contribution in [0.4, 0.5) is 0 Å². The first-order valence-electron chi connectivity index (χ1n) is 16.5. The van der Waals surface area contributed by atoms with Crippen molar-refractivity contribution in [2.45, 2.75) is 0 Å². The number of para-hydroxylation sites is 2. The minimum Gasteiger partial charge on any atom is -0.309 e. The van der Waals surface area contributed by atoms with E-state index in [4.69, 9.17) is 0 Å². The molecular formula is C46H30N2. The molecule has 0 N–H and O–H groups in total. The second-order valence-electron chi connectivity index (χ2n) is 12.5. The van der Waals surface area contributed by atoms with Gasteiger partial charge in [-0.3, -0.25) is 0 Å². The highest BCUT2D eigenvalue weighted by Gasteiger charge is 2.19. The van der Waals surface area contributed by atoms with E-state index in [2.05, 4.69) is 191 Å². The van der Waals surface area contributed by atoms with E-state index in [9.17, 15) is 0 Å². The van der Waals surface area contributed by atoms with Gasteiger partial charge in [-0.05, 0) is 70.1 Å². The minimum atomic E-state index is 1.16. The molecule has 10 rings (SSSR count). The molecule has 0 aliphatic heterocycles. The first kappa shape index (κ1) is 26.8. The lowest BCUT2D eigenvalue weighted by molar-refractivity contribution is 1.18. The van der Waals surface area contributed by atoms with Crippen LogP contribution in [-0.2, 0) is 0 Å². The lowest BCUT2D eigenvalue weighted by Gasteiger charge is -2.13. The second-order valence-corrected chi connectivity index (χ2v) is 12.5. The molecule has 2 heteroatoms. The van der Waals surface area contributed by atoms with Crippen molar-refractivity contribution in [1.29, 1.82) is 0 Å². The molecule has 0 amide bonds. The molecule has 10 aromatic rings. The average Bonchev–Trinajstić information content (AvgIpc) is 3.68. The van der Waals surface area contributed by atoms with Crippen LogP contribution in [0.2, 0.25) is 0 Å². The summed E-state index contributed by atoms with van der Waals surface area (Å²) < 4.78 is 4.86. The Morgan fingerprint density at radius 2 is 0.896 bits per heavy atom. The molecule has 2 nitrogen and oxygen atoms in total. The molecule has 0 spiro atoms. The fourth-order valence-electron chi connectivity index (χ4n) is 7.77. The van der Waals surface area contributed by atoms with Gasteiger partial charge < -0.3 is 9.13 Å². The summed E-state index contributed by atoms with van der Waals surface area (Å²) in [6.45, 7) is 0. The Hall–Kier alpha value is -6.38. The smallest absolute Gasteiger partial charge is 0.0547 e. The molecule has 2 heterocycles. The number of benzene rings is 8. The molecule has 0 bridgehead atoms. The third-order valence-electron chi connectivity index (χ3n) is 9.92. The molecule has 0 saturated heterocycles. The summed E-state index contributed by atoms with van der Waals surface area (Å²) in [5.41, 5.74) is 12.1. The van der Waals surface area contributed by atoms with Crippen molar-refractivity contribution in [2.75, 3.05) is 0 Å². The van der Waals surface area contributed by atoms with E-state index in [1.54, 1.807) is 0 Å². The monoisotopic (exact) mass is 610 g/mol. The highest BCUT2D eigenvalue weighted by Crippen LogP contribution is 2.41. The van der Waals surface area contributed by atoms with E-state index in [1.807, 2.05) is 0 Å². The van der Waals surface area contributed by atoms with Crippen molar-refractivity contribution in [1.82, 2.24) is 9.13 Å². The third-order valence-corrected chi connectivity index (χ3v) is 9.92. The zero-order valence-electron chi connectivity index (χ0n) is 26.2. The number of rotatable bonds is 4. The van der Waals surface area contributed by atoms with Gasteiger partial charge in [-0.2, -0.15) is 0 Å². The minimum absolute atomic E-state index is 1.16. The van der Waals surface area contributed by atoms with Crippen LogP contribution in [-0.4, -0.2) is 9.13 Å². The molecule has 0 fully saturated rings. The SMILES string of the molecule is c1ccc(-c2ccc(-n3c4ccccc4c4c(-c5ccc6c7ccccc7n(-c7cccc8ccccc78)c6c5)cccc43)cc2)cc1. The normalized spacial score (nSPS) is 11.8. The van der Waals surface area contributed by atoms with Crippen molar-refractivity contribution >= 4 is 54.4 Å². The van der Waals surface area contributed by atoms with Gasteiger partial charge in [0, 0.05) is 32.6 Å². The van der Waals surface area contributed by atoms with Crippen molar-refractivity contribution in [2.24, 2.45) is 0 Å². The Labute approximate surface area is 278 Å². The van der Waals surface area contributed by atoms with Gasteiger partial charge >= 0.3 is 0 Å². The lowest BCUT2D eigenvalue weighted by Crippen LogP contribution is -1.95. The number of hydrogen-bond donors (Lipinski definition) is 0. The van der Waals surface area contributed by atoms with Crippen molar-refractivity contribution in [3.63, 3.8) is 0 Å². The van der Waals surface area contributed by atoms with Gasteiger partial charge in [0.05, 0.1) is 27.8 Å². The Morgan fingerprint density at radius 1 is 0.312 bits per heavy atom. The number of aromatic nitrogens is 2. The molecular weight excluding hydrogens is 581 g/mol. The zero-order valence-corrected chi connectivity index (χ0v) is 26.2. The molecule has 48 heavy (non-hydrogen) atoms. The van der Waals surface area contributed by atoms with Gasteiger partial charge in [0.15, 0.2) is 0 Å². The summed E-state index contributed by atoms with van der Waals surface area (Å²) in [5, 5.41) is 7.54. The highest BCUT2D eigenvalue weighted by molar-refractivity contribution is 6.17. The van der Waals surface area contributed by atoms with E-state index in [-0.39, 0.29) is 0 Å².